The standard InChI is InChI=1S/C29H33BrClN3O4S/c1-19(2)32-29(36)22(5)33(17-23-7-6-8-24(30)15-23)28(35)18-34(25-12-11-21(4)27(31)16-25)39(37,38)26-13-9-20(3)10-14-26/h6-16,19,22H,17-18H2,1-5H3,(H,32,36)/t22-/m0/s1. The summed E-state index contributed by atoms with van der Waals surface area (Å²) in [6.45, 7) is 8.56. The summed E-state index contributed by atoms with van der Waals surface area (Å²) in [6.07, 6.45) is 0. The van der Waals surface area contributed by atoms with E-state index in [9.17, 15) is 18.0 Å². The summed E-state index contributed by atoms with van der Waals surface area (Å²) in [5.41, 5.74) is 2.71. The monoisotopic (exact) mass is 633 g/mol. The molecular weight excluding hydrogens is 602 g/mol. The largest absolute Gasteiger partial charge is 0.352 e. The number of carbonyl (C=O) groups excluding carboxylic acids is 2. The Morgan fingerprint density at radius 1 is 0.974 bits per heavy atom. The van der Waals surface area contributed by atoms with E-state index in [1.807, 2.05) is 52.0 Å². The van der Waals surface area contributed by atoms with Crippen molar-refractivity contribution < 1.29 is 18.0 Å². The fourth-order valence-electron chi connectivity index (χ4n) is 3.92. The molecule has 0 unspecified atom stereocenters. The van der Waals surface area contributed by atoms with Crippen molar-refractivity contribution in [3.63, 3.8) is 0 Å². The Morgan fingerprint density at radius 2 is 1.64 bits per heavy atom. The molecule has 1 atom stereocenters. The Labute approximate surface area is 244 Å². The third-order valence-corrected chi connectivity index (χ3v) is 8.86. The summed E-state index contributed by atoms with van der Waals surface area (Å²) in [5.74, 6) is -0.867. The molecule has 0 aromatic heterocycles. The van der Waals surface area contributed by atoms with Crippen molar-refractivity contribution in [1.29, 1.82) is 0 Å². The quantitative estimate of drug-likeness (QED) is 0.303. The molecule has 0 radical (unpaired) electrons. The molecule has 3 aromatic carbocycles. The maximum atomic E-state index is 13.9. The van der Waals surface area contributed by atoms with Crippen LogP contribution in [0.4, 0.5) is 5.69 Å². The number of hydrogen-bond acceptors (Lipinski definition) is 4. The molecule has 0 aliphatic rings. The molecule has 7 nitrogen and oxygen atoms in total. The lowest BCUT2D eigenvalue weighted by Crippen LogP contribution is -2.52. The number of nitrogens with zero attached hydrogens (tertiary/aromatic N) is 2. The van der Waals surface area contributed by atoms with Crippen LogP contribution in [0.2, 0.25) is 5.02 Å². The summed E-state index contributed by atoms with van der Waals surface area (Å²) in [5, 5.41) is 3.22. The van der Waals surface area contributed by atoms with Crippen molar-refractivity contribution in [1.82, 2.24) is 10.2 Å². The van der Waals surface area contributed by atoms with E-state index in [-0.39, 0.29) is 29.1 Å². The topological polar surface area (TPSA) is 86.8 Å². The van der Waals surface area contributed by atoms with E-state index in [2.05, 4.69) is 21.2 Å². The van der Waals surface area contributed by atoms with Crippen LogP contribution >= 0.6 is 27.5 Å². The molecule has 2 amide bonds. The van der Waals surface area contributed by atoms with E-state index in [4.69, 9.17) is 11.6 Å². The third-order valence-electron chi connectivity index (χ3n) is 6.17. The maximum Gasteiger partial charge on any atom is 0.264 e. The second-order valence-corrected chi connectivity index (χ2v) is 12.9. The third kappa shape index (κ3) is 7.84. The van der Waals surface area contributed by atoms with Crippen LogP contribution in [0.5, 0.6) is 0 Å². The number of halogens is 2. The number of benzene rings is 3. The SMILES string of the molecule is Cc1ccc(S(=O)(=O)N(CC(=O)N(Cc2cccc(Br)c2)[C@@H](C)C(=O)NC(C)C)c2ccc(C)c(Cl)c2)cc1. The number of nitrogens with one attached hydrogen (secondary N) is 1. The lowest BCUT2D eigenvalue weighted by molar-refractivity contribution is -0.139. The van der Waals surface area contributed by atoms with E-state index in [0.29, 0.717) is 5.02 Å². The number of sulfonamides is 1. The molecule has 0 aliphatic carbocycles. The van der Waals surface area contributed by atoms with Gasteiger partial charge in [0.15, 0.2) is 0 Å². The number of amides is 2. The fraction of sp³-hybridized carbons (Fsp3) is 0.310. The Balaban J connectivity index is 2.06. The fourth-order valence-corrected chi connectivity index (χ4v) is 5.95. The van der Waals surface area contributed by atoms with Gasteiger partial charge in [0.05, 0.1) is 10.6 Å². The first-order valence-corrected chi connectivity index (χ1v) is 15.1. The number of anilines is 1. The van der Waals surface area contributed by atoms with Gasteiger partial charge in [-0.15, -0.1) is 0 Å². The minimum Gasteiger partial charge on any atom is -0.352 e. The first-order valence-electron chi connectivity index (χ1n) is 12.5. The highest BCUT2D eigenvalue weighted by atomic mass is 79.9. The van der Waals surface area contributed by atoms with Crippen molar-refractivity contribution in [3.05, 3.63) is 92.9 Å². The average Bonchev–Trinajstić information content (AvgIpc) is 2.87. The molecule has 208 valence electrons. The predicted octanol–water partition coefficient (Wildman–Crippen LogP) is 5.86. The second kappa shape index (κ2) is 13.0. The second-order valence-electron chi connectivity index (χ2n) is 9.75. The van der Waals surface area contributed by atoms with Crippen LogP contribution in [-0.2, 0) is 26.2 Å². The number of hydrogen-bond donors (Lipinski definition) is 1. The van der Waals surface area contributed by atoms with Gasteiger partial charge < -0.3 is 10.2 Å². The lowest BCUT2D eigenvalue weighted by atomic mass is 10.1. The Hall–Kier alpha value is -2.88. The summed E-state index contributed by atoms with van der Waals surface area (Å²) in [7, 11) is -4.15. The Morgan fingerprint density at radius 3 is 2.23 bits per heavy atom. The number of rotatable bonds is 10. The maximum absolute atomic E-state index is 13.9. The van der Waals surface area contributed by atoms with Gasteiger partial charge in [0.2, 0.25) is 11.8 Å². The van der Waals surface area contributed by atoms with Crippen LogP contribution in [0, 0.1) is 13.8 Å². The highest BCUT2D eigenvalue weighted by Gasteiger charge is 2.33. The molecule has 0 saturated heterocycles. The molecule has 1 N–H and O–H groups in total. The molecule has 0 heterocycles. The van der Waals surface area contributed by atoms with Crippen molar-refractivity contribution in [3.8, 4) is 0 Å². The van der Waals surface area contributed by atoms with Gasteiger partial charge in [-0.2, -0.15) is 0 Å². The Bertz CT molecular complexity index is 1450. The molecule has 0 fully saturated rings. The smallest absolute Gasteiger partial charge is 0.264 e. The van der Waals surface area contributed by atoms with Crippen LogP contribution in [0.15, 0.2) is 76.1 Å². The number of aryl methyl sites for hydroxylation is 2. The van der Waals surface area contributed by atoms with Gasteiger partial charge in [-0.05, 0) is 82.1 Å². The first kappa shape index (κ1) is 30.7. The van der Waals surface area contributed by atoms with Gasteiger partial charge in [0.1, 0.15) is 12.6 Å². The van der Waals surface area contributed by atoms with Gasteiger partial charge in [0, 0.05) is 22.1 Å². The average molecular weight is 635 g/mol. The zero-order valence-electron chi connectivity index (χ0n) is 22.6. The molecular formula is C29H33BrClN3O4S. The van der Waals surface area contributed by atoms with Gasteiger partial charge in [-0.1, -0.05) is 63.4 Å². The molecule has 0 saturated carbocycles. The van der Waals surface area contributed by atoms with Crippen molar-refractivity contribution >= 4 is 55.1 Å². The van der Waals surface area contributed by atoms with Crippen LogP contribution in [-0.4, -0.2) is 43.8 Å². The normalized spacial score (nSPS) is 12.2. The molecule has 3 rings (SSSR count). The van der Waals surface area contributed by atoms with E-state index in [0.717, 1.165) is 25.5 Å². The summed E-state index contributed by atoms with van der Waals surface area (Å²) < 4.78 is 29.6. The minimum atomic E-state index is -4.15. The van der Waals surface area contributed by atoms with E-state index in [1.165, 1.54) is 23.1 Å². The first-order chi connectivity index (χ1) is 18.3. The minimum absolute atomic E-state index is 0.0433. The predicted molar refractivity (Wildman–Crippen MR) is 159 cm³/mol. The summed E-state index contributed by atoms with van der Waals surface area (Å²) in [4.78, 5) is 28.3. The van der Waals surface area contributed by atoms with Gasteiger partial charge in [-0.25, -0.2) is 8.42 Å². The van der Waals surface area contributed by atoms with E-state index in [1.54, 1.807) is 31.2 Å². The highest BCUT2D eigenvalue weighted by Crippen LogP contribution is 2.29. The van der Waals surface area contributed by atoms with E-state index < -0.39 is 28.5 Å². The molecule has 0 aliphatic heterocycles. The summed E-state index contributed by atoms with van der Waals surface area (Å²) in [6, 6.07) is 17.7. The molecule has 10 heteroatoms. The van der Waals surface area contributed by atoms with Crippen LogP contribution < -0.4 is 9.62 Å². The number of carbonyl (C=O) groups is 2. The zero-order valence-corrected chi connectivity index (χ0v) is 25.8. The molecule has 39 heavy (non-hydrogen) atoms. The van der Waals surface area contributed by atoms with Crippen LogP contribution in [0.25, 0.3) is 0 Å². The van der Waals surface area contributed by atoms with Crippen molar-refractivity contribution in [2.24, 2.45) is 0 Å². The molecule has 3 aromatic rings. The van der Waals surface area contributed by atoms with E-state index >= 15 is 0 Å². The van der Waals surface area contributed by atoms with Gasteiger partial charge in [0.25, 0.3) is 10.0 Å². The Kier molecular flexibility index (Phi) is 10.2. The van der Waals surface area contributed by atoms with Crippen molar-refractivity contribution in [2.45, 2.75) is 58.1 Å². The van der Waals surface area contributed by atoms with Gasteiger partial charge in [-0.3, -0.25) is 13.9 Å². The molecule has 0 spiro atoms. The lowest BCUT2D eigenvalue weighted by Gasteiger charge is -2.32. The molecule has 0 bridgehead atoms. The van der Waals surface area contributed by atoms with Crippen molar-refractivity contribution in [2.75, 3.05) is 10.8 Å². The van der Waals surface area contributed by atoms with Crippen LogP contribution in [0.3, 0.4) is 0 Å². The van der Waals surface area contributed by atoms with Gasteiger partial charge >= 0.3 is 0 Å². The highest BCUT2D eigenvalue weighted by molar-refractivity contribution is 9.10. The zero-order chi connectivity index (χ0) is 28.9. The van der Waals surface area contributed by atoms with Crippen LogP contribution in [0.1, 0.15) is 37.5 Å². The summed E-state index contributed by atoms with van der Waals surface area (Å²) >= 11 is 9.81.